The summed E-state index contributed by atoms with van der Waals surface area (Å²) in [6.45, 7) is 4.73. The van der Waals surface area contributed by atoms with Gasteiger partial charge in [-0.3, -0.25) is 4.99 Å². The molecule has 0 amide bonds. The van der Waals surface area contributed by atoms with Gasteiger partial charge in [-0.1, -0.05) is 0 Å². The fourth-order valence-electron chi connectivity index (χ4n) is 4.23. The standard InChI is InChI=1S/C15H24N6O/c1-9-18-19-14(20(9)3)6-17-15(16-2)21-7-10-11(8-21)13-5-4-12(10)22-13/h10-13H,4-8H2,1-3H3,(H,16,17). The molecule has 3 aliphatic heterocycles. The Balaban J connectivity index is 1.40. The molecule has 0 aliphatic carbocycles. The van der Waals surface area contributed by atoms with Crippen LogP contribution in [0.15, 0.2) is 4.99 Å². The molecule has 1 aromatic rings. The number of aliphatic imine (C=N–C) groups is 1. The molecular weight excluding hydrogens is 280 g/mol. The second kappa shape index (κ2) is 5.22. The van der Waals surface area contributed by atoms with Gasteiger partial charge in [0.25, 0.3) is 0 Å². The number of nitrogens with zero attached hydrogens (tertiary/aromatic N) is 5. The van der Waals surface area contributed by atoms with Crippen molar-refractivity contribution in [3.8, 4) is 0 Å². The average Bonchev–Trinajstić information content (AvgIpc) is 3.25. The zero-order valence-corrected chi connectivity index (χ0v) is 13.5. The Kier molecular flexibility index (Phi) is 3.32. The molecule has 4 rings (SSSR count). The van der Waals surface area contributed by atoms with Crippen LogP contribution in [0, 0.1) is 18.8 Å². The number of ether oxygens (including phenoxy) is 1. The van der Waals surface area contributed by atoms with E-state index < -0.39 is 0 Å². The van der Waals surface area contributed by atoms with Crippen LogP contribution >= 0.6 is 0 Å². The number of aryl methyl sites for hydroxylation is 1. The fourth-order valence-corrected chi connectivity index (χ4v) is 4.23. The molecule has 0 aromatic carbocycles. The lowest BCUT2D eigenvalue weighted by atomic mass is 9.82. The van der Waals surface area contributed by atoms with Crippen LogP contribution in [0.25, 0.3) is 0 Å². The van der Waals surface area contributed by atoms with Crippen molar-refractivity contribution in [2.45, 2.75) is 38.5 Å². The minimum absolute atomic E-state index is 0.486. The molecule has 22 heavy (non-hydrogen) atoms. The summed E-state index contributed by atoms with van der Waals surface area (Å²) < 4.78 is 8.05. The van der Waals surface area contributed by atoms with E-state index in [1.165, 1.54) is 12.8 Å². The highest BCUT2D eigenvalue weighted by Crippen LogP contribution is 2.47. The Morgan fingerprint density at radius 3 is 2.50 bits per heavy atom. The van der Waals surface area contributed by atoms with Crippen LogP contribution in [0.5, 0.6) is 0 Å². The van der Waals surface area contributed by atoms with Gasteiger partial charge in [0.2, 0.25) is 0 Å². The SMILES string of the molecule is CN=C(NCc1nnc(C)n1C)N1CC2C3CCC(O3)C2C1. The molecule has 0 spiro atoms. The lowest BCUT2D eigenvalue weighted by molar-refractivity contribution is 0.0767. The van der Waals surface area contributed by atoms with Crippen molar-refractivity contribution in [3.63, 3.8) is 0 Å². The van der Waals surface area contributed by atoms with Gasteiger partial charge in [-0.05, 0) is 19.8 Å². The maximum absolute atomic E-state index is 6.04. The van der Waals surface area contributed by atoms with Crippen molar-refractivity contribution < 1.29 is 4.74 Å². The number of aromatic nitrogens is 3. The molecule has 4 unspecified atom stereocenters. The molecule has 0 saturated carbocycles. The molecule has 1 N–H and O–H groups in total. The van der Waals surface area contributed by atoms with Crippen molar-refractivity contribution in [1.82, 2.24) is 25.0 Å². The van der Waals surface area contributed by atoms with Crippen LogP contribution in [0.3, 0.4) is 0 Å². The maximum atomic E-state index is 6.04. The summed E-state index contributed by atoms with van der Waals surface area (Å²) in [6.07, 6.45) is 3.45. The van der Waals surface area contributed by atoms with Crippen molar-refractivity contribution in [3.05, 3.63) is 11.6 Å². The van der Waals surface area contributed by atoms with Gasteiger partial charge in [0.05, 0.1) is 18.8 Å². The maximum Gasteiger partial charge on any atom is 0.194 e. The van der Waals surface area contributed by atoms with Crippen LogP contribution < -0.4 is 5.32 Å². The number of rotatable bonds is 2. The smallest absolute Gasteiger partial charge is 0.194 e. The van der Waals surface area contributed by atoms with E-state index in [2.05, 4.69) is 25.4 Å². The Morgan fingerprint density at radius 2 is 1.95 bits per heavy atom. The first-order chi connectivity index (χ1) is 10.7. The van der Waals surface area contributed by atoms with E-state index in [0.717, 1.165) is 30.7 Å². The Labute approximate surface area is 130 Å². The van der Waals surface area contributed by atoms with Gasteiger partial charge >= 0.3 is 0 Å². The quantitative estimate of drug-likeness (QED) is 0.629. The topological polar surface area (TPSA) is 67.6 Å². The summed E-state index contributed by atoms with van der Waals surface area (Å²) in [7, 11) is 3.84. The minimum atomic E-state index is 0.486. The van der Waals surface area contributed by atoms with Crippen LogP contribution in [-0.4, -0.2) is 58.0 Å². The largest absolute Gasteiger partial charge is 0.374 e. The van der Waals surface area contributed by atoms with E-state index in [0.29, 0.717) is 30.6 Å². The van der Waals surface area contributed by atoms with Crippen molar-refractivity contribution in [1.29, 1.82) is 0 Å². The van der Waals surface area contributed by atoms with Gasteiger partial charge in [0.1, 0.15) is 5.82 Å². The minimum Gasteiger partial charge on any atom is -0.374 e. The first-order valence-corrected chi connectivity index (χ1v) is 8.13. The van der Waals surface area contributed by atoms with Crippen molar-refractivity contribution in [2.24, 2.45) is 23.9 Å². The third kappa shape index (κ3) is 2.10. The van der Waals surface area contributed by atoms with Gasteiger partial charge in [0, 0.05) is 39.0 Å². The Hall–Kier alpha value is -1.63. The first kappa shape index (κ1) is 14.0. The van der Waals surface area contributed by atoms with E-state index >= 15 is 0 Å². The summed E-state index contributed by atoms with van der Waals surface area (Å²) in [5.41, 5.74) is 0. The zero-order chi connectivity index (χ0) is 15.3. The van der Waals surface area contributed by atoms with E-state index in [1.54, 1.807) is 0 Å². The number of fused-ring (bicyclic) bond motifs is 5. The summed E-state index contributed by atoms with van der Waals surface area (Å²) in [5, 5.41) is 11.7. The molecule has 4 atom stereocenters. The molecule has 7 nitrogen and oxygen atoms in total. The lowest BCUT2D eigenvalue weighted by Gasteiger charge is -2.23. The molecular formula is C15H24N6O. The molecule has 120 valence electrons. The predicted molar refractivity (Wildman–Crippen MR) is 82.4 cm³/mol. The molecule has 2 bridgehead atoms. The molecule has 4 heterocycles. The summed E-state index contributed by atoms with van der Waals surface area (Å²) >= 11 is 0. The summed E-state index contributed by atoms with van der Waals surface area (Å²) in [4.78, 5) is 6.83. The fraction of sp³-hybridized carbons (Fsp3) is 0.800. The molecule has 0 radical (unpaired) electrons. The van der Waals surface area contributed by atoms with Gasteiger partial charge in [-0.25, -0.2) is 0 Å². The Bertz CT molecular complexity index is 579. The average molecular weight is 304 g/mol. The second-order valence-electron chi connectivity index (χ2n) is 6.65. The van der Waals surface area contributed by atoms with E-state index in [1.807, 2.05) is 25.6 Å². The molecule has 3 aliphatic rings. The van der Waals surface area contributed by atoms with Crippen LogP contribution in [0.2, 0.25) is 0 Å². The molecule has 3 fully saturated rings. The molecule has 1 aromatic heterocycles. The monoisotopic (exact) mass is 304 g/mol. The van der Waals surface area contributed by atoms with Crippen LogP contribution in [0.4, 0.5) is 0 Å². The highest BCUT2D eigenvalue weighted by atomic mass is 16.5. The Morgan fingerprint density at radius 1 is 1.27 bits per heavy atom. The van der Waals surface area contributed by atoms with E-state index in [4.69, 9.17) is 4.74 Å². The summed E-state index contributed by atoms with van der Waals surface area (Å²) in [6, 6.07) is 0. The lowest BCUT2D eigenvalue weighted by Crippen LogP contribution is -2.41. The van der Waals surface area contributed by atoms with Crippen molar-refractivity contribution in [2.75, 3.05) is 20.1 Å². The predicted octanol–water partition coefficient (Wildman–Crippen LogP) is 0.308. The van der Waals surface area contributed by atoms with Crippen LogP contribution in [-0.2, 0) is 18.3 Å². The van der Waals surface area contributed by atoms with Crippen molar-refractivity contribution >= 4 is 5.96 Å². The van der Waals surface area contributed by atoms with E-state index in [-0.39, 0.29) is 0 Å². The third-order valence-corrected chi connectivity index (χ3v) is 5.55. The van der Waals surface area contributed by atoms with Gasteiger partial charge < -0.3 is 19.5 Å². The number of hydrogen-bond donors (Lipinski definition) is 1. The van der Waals surface area contributed by atoms with Gasteiger partial charge in [0.15, 0.2) is 11.8 Å². The number of likely N-dealkylation sites (tertiary alicyclic amines) is 1. The first-order valence-electron chi connectivity index (χ1n) is 8.13. The molecule has 7 heteroatoms. The number of hydrogen-bond acceptors (Lipinski definition) is 4. The highest BCUT2D eigenvalue weighted by molar-refractivity contribution is 5.80. The van der Waals surface area contributed by atoms with E-state index in [9.17, 15) is 0 Å². The summed E-state index contributed by atoms with van der Waals surface area (Å²) in [5.74, 6) is 4.20. The van der Waals surface area contributed by atoms with Gasteiger partial charge in [-0.2, -0.15) is 0 Å². The third-order valence-electron chi connectivity index (χ3n) is 5.55. The van der Waals surface area contributed by atoms with Gasteiger partial charge in [-0.15, -0.1) is 10.2 Å². The molecule has 3 saturated heterocycles. The second-order valence-corrected chi connectivity index (χ2v) is 6.65. The highest BCUT2D eigenvalue weighted by Gasteiger charge is 2.53. The zero-order valence-electron chi connectivity index (χ0n) is 13.5. The number of nitrogens with one attached hydrogen (secondary N) is 1. The normalized spacial score (nSPS) is 33.6. The van der Waals surface area contributed by atoms with Crippen LogP contribution in [0.1, 0.15) is 24.5 Å². The number of guanidine groups is 1.